The van der Waals surface area contributed by atoms with Gasteiger partial charge in [-0.25, -0.2) is 4.98 Å². The van der Waals surface area contributed by atoms with E-state index in [1.54, 1.807) is 11.2 Å². The number of fused-ring (bicyclic) bond motifs is 3. The highest BCUT2D eigenvalue weighted by atomic mass is 16.2. The zero-order chi connectivity index (χ0) is 27.2. The van der Waals surface area contributed by atoms with Gasteiger partial charge < -0.3 is 10.2 Å². The van der Waals surface area contributed by atoms with Crippen LogP contribution in [0.4, 0.5) is 0 Å². The molecule has 0 aliphatic carbocycles. The fourth-order valence-corrected chi connectivity index (χ4v) is 5.94. The summed E-state index contributed by atoms with van der Waals surface area (Å²) in [4.78, 5) is 43.1. The first-order valence-electron chi connectivity index (χ1n) is 13.5. The van der Waals surface area contributed by atoms with E-state index in [4.69, 9.17) is 0 Å². The molecule has 8 nitrogen and oxygen atoms in total. The first-order chi connectivity index (χ1) is 19.5. The van der Waals surface area contributed by atoms with Gasteiger partial charge in [-0.3, -0.25) is 24.1 Å². The molecule has 2 aromatic heterocycles. The summed E-state index contributed by atoms with van der Waals surface area (Å²) < 4.78 is 2.05. The summed E-state index contributed by atoms with van der Waals surface area (Å²) in [5.41, 5.74) is 6.80. The maximum Gasteiger partial charge on any atom is 0.255 e. The van der Waals surface area contributed by atoms with E-state index in [1.165, 1.54) is 16.3 Å². The Balaban J connectivity index is 1.14. The second-order valence-electron chi connectivity index (χ2n) is 10.5. The van der Waals surface area contributed by atoms with E-state index in [-0.39, 0.29) is 18.2 Å². The van der Waals surface area contributed by atoms with E-state index in [1.807, 2.05) is 28.8 Å². The number of pyridine rings is 1. The van der Waals surface area contributed by atoms with Crippen molar-refractivity contribution in [2.75, 3.05) is 0 Å². The average Bonchev–Trinajstić information content (AvgIpc) is 3.57. The zero-order valence-corrected chi connectivity index (χ0v) is 21.8. The Morgan fingerprint density at radius 3 is 2.73 bits per heavy atom. The minimum Gasteiger partial charge on any atom is -0.322 e. The first-order valence-corrected chi connectivity index (χ1v) is 13.5. The second kappa shape index (κ2) is 9.73. The summed E-state index contributed by atoms with van der Waals surface area (Å²) in [6.45, 7) is 1.77. The number of carbonyl (C=O) groups is 3. The molecule has 4 heterocycles. The zero-order valence-electron chi connectivity index (χ0n) is 21.8. The van der Waals surface area contributed by atoms with Crippen LogP contribution < -0.4 is 10.6 Å². The minimum absolute atomic E-state index is 0.171. The van der Waals surface area contributed by atoms with E-state index >= 15 is 0 Å². The van der Waals surface area contributed by atoms with E-state index < -0.39 is 11.9 Å². The third-order valence-electron chi connectivity index (χ3n) is 7.93. The summed E-state index contributed by atoms with van der Waals surface area (Å²) in [7, 11) is 0. The number of aromatic nitrogens is 2. The van der Waals surface area contributed by atoms with Gasteiger partial charge in [0.2, 0.25) is 11.8 Å². The molecule has 0 bridgehead atoms. The van der Waals surface area contributed by atoms with Gasteiger partial charge in [0.05, 0.1) is 23.7 Å². The van der Waals surface area contributed by atoms with Gasteiger partial charge in [0.1, 0.15) is 6.04 Å². The predicted octanol–water partition coefficient (Wildman–Crippen LogP) is 4.21. The predicted molar refractivity (Wildman–Crippen MR) is 151 cm³/mol. The highest BCUT2D eigenvalue weighted by Crippen LogP contribution is 2.32. The molecule has 3 aromatic carbocycles. The van der Waals surface area contributed by atoms with Crippen LogP contribution in [0.2, 0.25) is 0 Å². The number of nitrogens with zero attached hydrogens (tertiary/aromatic N) is 3. The molecule has 2 N–H and O–H groups in total. The Bertz CT molecular complexity index is 1820. The van der Waals surface area contributed by atoms with E-state index in [0.29, 0.717) is 25.1 Å². The number of hydrogen-bond acceptors (Lipinski definition) is 5. The van der Waals surface area contributed by atoms with Gasteiger partial charge in [-0.05, 0) is 63.7 Å². The summed E-state index contributed by atoms with van der Waals surface area (Å²) in [6.07, 6.45) is 4.23. The largest absolute Gasteiger partial charge is 0.322 e. The number of carbonyl (C=O) groups excluding carboxylic acids is 3. The topological polar surface area (TPSA) is 95.8 Å². The van der Waals surface area contributed by atoms with E-state index in [0.717, 1.165) is 34.4 Å². The van der Waals surface area contributed by atoms with Gasteiger partial charge in [0.25, 0.3) is 5.91 Å². The normalized spacial score (nSPS) is 17.1. The van der Waals surface area contributed by atoms with Crippen molar-refractivity contribution in [3.63, 3.8) is 0 Å². The average molecular weight is 530 g/mol. The molecule has 1 atom stereocenters. The standard InChI is InChI=1S/C32H27N5O3/c38-30-11-10-28(31(39)35-30)36-18-24-14-22(8-9-27(24)32(36)40)29-13-20(12-25-17-34-19-37(25)29)15-33-16-23-6-3-5-21-4-1-2-7-26(21)23/h1-9,12-14,17,19,28,33H,10-11,15-16,18H2,(H,35,38,39). The van der Waals surface area contributed by atoms with Crippen molar-refractivity contribution in [1.29, 1.82) is 0 Å². The number of hydrogen-bond donors (Lipinski definition) is 2. The van der Waals surface area contributed by atoms with Crippen LogP contribution in [0.3, 0.4) is 0 Å². The molecule has 198 valence electrons. The van der Waals surface area contributed by atoms with Gasteiger partial charge in [0, 0.05) is 31.6 Å². The number of amides is 3. The van der Waals surface area contributed by atoms with Crippen LogP contribution in [0.25, 0.3) is 27.5 Å². The molecule has 2 aliphatic rings. The monoisotopic (exact) mass is 529 g/mol. The number of benzene rings is 3. The SMILES string of the molecule is O=C1CCC(N2Cc3cc(-c4cc(CNCc5cccc6ccccc56)cc5cncn45)ccc3C2=O)C(=O)N1. The van der Waals surface area contributed by atoms with E-state index in [9.17, 15) is 14.4 Å². The van der Waals surface area contributed by atoms with Gasteiger partial charge >= 0.3 is 0 Å². The Kier molecular flexibility index (Phi) is 5.90. The maximum atomic E-state index is 13.2. The lowest BCUT2D eigenvalue weighted by Crippen LogP contribution is -2.52. The summed E-state index contributed by atoms with van der Waals surface area (Å²) >= 11 is 0. The number of imidazole rings is 1. The molecule has 7 rings (SSSR count). The second-order valence-corrected chi connectivity index (χ2v) is 10.5. The summed E-state index contributed by atoms with van der Waals surface area (Å²) in [5, 5.41) is 8.45. The fourth-order valence-electron chi connectivity index (χ4n) is 5.94. The van der Waals surface area contributed by atoms with Crippen LogP contribution in [0.1, 0.15) is 39.9 Å². The Morgan fingerprint density at radius 2 is 1.82 bits per heavy atom. The van der Waals surface area contributed by atoms with Crippen LogP contribution in [0.5, 0.6) is 0 Å². The molecule has 8 heteroatoms. The molecule has 40 heavy (non-hydrogen) atoms. The van der Waals surface area contributed by atoms with Crippen molar-refractivity contribution in [3.05, 3.63) is 108 Å². The van der Waals surface area contributed by atoms with E-state index in [2.05, 4.69) is 70.2 Å². The van der Waals surface area contributed by atoms with Gasteiger partial charge in [-0.2, -0.15) is 0 Å². The molecular weight excluding hydrogens is 502 g/mol. The smallest absolute Gasteiger partial charge is 0.255 e. The molecule has 0 saturated carbocycles. The number of nitrogens with one attached hydrogen (secondary N) is 2. The first kappa shape index (κ1) is 24.2. The van der Waals surface area contributed by atoms with Crippen molar-refractivity contribution < 1.29 is 14.4 Å². The Morgan fingerprint density at radius 1 is 0.950 bits per heavy atom. The van der Waals surface area contributed by atoms with Crippen molar-refractivity contribution >= 4 is 34.0 Å². The molecule has 0 radical (unpaired) electrons. The molecule has 2 aliphatic heterocycles. The summed E-state index contributed by atoms with van der Waals surface area (Å²) in [5.74, 6) is -0.861. The molecular formula is C32H27N5O3. The van der Waals surface area contributed by atoms with Crippen molar-refractivity contribution in [1.82, 2.24) is 24.9 Å². The number of imide groups is 1. The van der Waals surface area contributed by atoms with Crippen LogP contribution in [0.15, 0.2) is 85.3 Å². The minimum atomic E-state index is -0.627. The molecule has 0 spiro atoms. The third kappa shape index (κ3) is 4.23. The van der Waals surface area contributed by atoms with Crippen molar-refractivity contribution in [3.8, 4) is 11.3 Å². The van der Waals surface area contributed by atoms with Crippen LogP contribution in [-0.4, -0.2) is 38.0 Å². The van der Waals surface area contributed by atoms with Gasteiger partial charge in [-0.15, -0.1) is 0 Å². The van der Waals surface area contributed by atoms with Gasteiger partial charge in [-0.1, -0.05) is 48.5 Å². The molecule has 1 unspecified atom stereocenters. The Hall–Kier alpha value is -4.82. The van der Waals surface area contributed by atoms with Crippen LogP contribution >= 0.6 is 0 Å². The molecule has 5 aromatic rings. The highest BCUT2D eigenvalue weighted by molar-refractivity contribution is 6.05. The number of rotatable bonds is 6. The highest BCUT2D eigenvalue weighted by Gasteiger charge is 2.39. The van der Waals surface area contributed by atoms with Crippen molar-refractivity contribution in [2.24, 2.45) is 0 Å². The van der Waals surface area contributed by atoms with Crippen LogP contribution in [-0.2, 0) is 29.2 Å². The van der Waals surface area contributed by atoms with Crippen LogP contribution in [0, 0.1) is 0 Å². The van der Waals surface area contributed by atoms with Gasteiger partial charge in [0.15, 0.2) is 0 Å². The lowest BCUT2D eigenvalue weighted by Gasteiger charge is -2.29. The molecule has 3 amide bonds. The molecule has 1 fully saturated rings. The third-order valence-corrected chi connectivity index (χ3v) is 7.93. The quantitative estimate of drug-likeness (QED) is 0.322. The Labute approximate surface area is 230 Å². The number of piperidine rings is 1. The lowest BCUT2D eigenvalue weighted by molar-refractivity contribution is -0.136. The lowest BCUT2D eigenvalue weighted by atomic mass is 10.0. The summed E-state index contributed by atoms with van der Waals surface area (Å²) in [6, 6.07) is 24.3. The maximum absolute atomic E-state index is 13.2. The van der Waals surface area contributed by atoms with Crippen molar-refractivity contribution in [2.45, 2.75) is 38.5 Å². The molecule has 1 saturated heterocycles. The fraction of sp³-hybridized carbons (Fsp3) is 0.188.